The minimum absolute atomic E-state index is 0.00137. The fourth-order valence-corrected chi connectivity index (χ4v) is 2.66. The summed E-state index contributed by atoms with van der Waals surface area (Å²) in [5.74, 6) is 0.609. The van der Waals surface area contributed by atoms with Crippen molar-refractivity contribution in [3.8, 4) is 5.75 Å². The number of ether oxygens (including phenoxy) is 1. The number of methoxy groups -OCH3 is 1. The first kappa shape index (κ1) is 20.3. The Kier molecular flexibility index (Phi) is 7.19. The average Bonchev–Trinajstić information content (AvgIpc) is 2.68. The van der Waals surface area contributed by atoms with Crippen molar-refractivity contribution in [2.45, 2.75) is 6.04 Å². The molecule has 0 saturated heterocycles. The summed E-state index contributed by atoms with van der Waals surface area (Å²) >= 11 is 0. The Morgan fingerprint density at radius 3 is 2.41 bits per heavy atom. The number of benzene rings is 2. The van der Waals surface area contributed by atoms with Crippen LogP contribution in [-0.2, 0) is 0 Å². The van der Waals surface area contributed by atoms with E-state index in [0.29, 0.717) is 17.8 Å². The maximum atomic E-state index is 12.2. The Labute approximate surface area is 159 Å². The molecule has 144 valence electrons. The summed E-state index contributed by atoms with van der Waals surface area (Å²) in [6.07, 6.45) is 0. The van der Waals surface area contributed by atoms with Gasteiger partial charge in [-0.1, -0.05) is 12.1 Å². The Morgan fingerprint density at radius 1 is 1.11 bits per heavy atom. The third kappa shape index (κ3) is 5.72. The number of carbonyl (C=O) groups excluding carboxylic acids is 2. The van der Waals surface area contributed by atoms with Gasteiger partial charge in [0.05, 0.1) is 13.2 Å². The normalized spacial score (nSPS) is 11.6. The van der Waals surface area contributed by atoms with Crippen LogP contribution in [-0.4, -0.2) is 51.6 Å². The first-order valence-electron chi connectivity index (χ1n) is 8.62. The molecule has 27 heavy (non-hydrogen) atoms. The van der Waals surface area contributed by atoms with Crippen molar-refractivity contribution in [1.82, 2.24) is 15.5 Å². The molecule has 0 saturated carbocycles. The molecule has 3 N–H and O–H groups in total. The van der Waals surface area contributed by atoms with Crippen LogP contribution in [0.25, 0.3) is 0 Å². The van der Waals surface area contributed by atoms with Crippen LogP contribution in [0.3, 0.4) is 0 Å². The molecule has 1 atom stereocenters. The molecule has 7 heteroatoms. The van der Waals surface area contributed by atoms with Gasteiger partial charge in [-0.2, -0.15) is 0 Å². The third-order valence-corrected chi connectivity index (χ3v) is 4.19. The molecule has 0 aliphatic heterocycles. The van der Waals surface area contributed by atoms with Gasteiger partial charge in [0.15, 0.2) is 0 Å². The number of nitrogens with one attached hydrogen (secondary N) is 3. The van der Waals surface area contributed by atoms with Crippen LogP contribution in [0.1, 0.15) is 22.0 Å². The molecule has 0 aliphatic carbocycles. The zero-order chi connectivity index (χ0) is 19.8. The Hall–Kier alpha value is -3.06. The average molecular weight is 370 g/mol. The molecule has 2 aromatic carbocycles. The number of hydrogen-bond donors (Lipinski definition) is 3. The van der Waals surface area contributed by atoms with Crippen LogP contribution in [0.2, 0.25) is 0 Å². The smallest absolute Gasteiger partial charge is 0.319 e. The predicted molar refractivity (Wildman–Crippen MR) is 106 cm³/mol. The first-order chi connectivity index (χ1) is 12.9. The summed E-state index contributed by atoms with van der Waals surface area (Å²) in [6.45, 7) is 0.433. The zero-order valence-corrected chi connectivity index (χ0v) is 16.1. The highest BCUT2D eigenvalue weighted by Crippen LogP contribution is 2.22. The molecule has 0 bridgehead atoms. The fourth-order valence-electron chi connectivity index (χ4n) is 2.66. The molecule has 0 aromatic heterocycles. The maximum absolute atomic E-state index is 12.2. The van der Waals surface area contributed by atoms with Crippen LogP contribution in [0.4, 0.5) is 10.5 Å². The number of amides is 3. The Morgan fingerprint density at radius 2 is 1.81 bits per heavy atom. The highest BCUT2D eigenvalue weighted by Gasteiger charge is 2.16. The molecule has 0 heterocycles. The van der Waals surface area contributed by atoms with Crippen LogP contribution in [0, 0.1) is 0 Å². The largest absolute Gasteiger partial charge is 0.497 e. The Bertz CT molecular complexity index is 775. The SMILES string of the molecule is CNC(=O)c1ccc(NC(=O)NCC(c2cccc(OC)c2)N(C)C)cc1. The van der Waals surface area contributed by atoms with Crippen LogP contribution in [0.5, 0.6) is 5.75 Å². The van der Waals surface area contributed by atoms with E-state index in [9.17, 15) is 9.59 Å². The highest BCUT2D eigenvalue weighted by atomic mass is 16.5. The first-order valence-corrected chi connectivity index (χ1v) is 8.62. The van der Waals surface area contributed by atoms with Gasteiger partial charge in [-0.25, -0.2) is 4.79 Å². The van der Waals surface area contributed by atoms with Crippen molar-refractivity contribution in [2.24, 2.45) is 0 Å². The van der Waals surface area contributed by atoms with E-state index in [0.717, 1.165) is 11.3 Å². The van der Waals surface area contributed by atoms with Crippen molar-refractivity contribution in [2.75, 3.05) is 40.1 Å². The van der Waals surface area contributed by atoms with Gasteiger partial charge in [0.2, 0.25) is 0 Å². The second-order valence-electron chi connectivity index (χ2n) is 6.25. The van der Waals surface area contributed by atoms with E-state index >= 15 is 0 Å². The molecular formula is C20H26N4O3. The third-order valence-electron chi connectivity index (χ3n) is 4.19. The van der Waals surface area contributed by atoms with Crippen LogP contribution in [0.15, 0.2) is 48.5 Å². The number of anilines is 1. The minimum Gasteiger partial charge on any atom is -0.497 e. The number of carbonyl (C=O) groups is 2. The molecule has 3 amide bonds. The summed E-state index contributed by atoms with van der Waals surface area (Å²) in [5.41, 5.74) is 2.20. The second kappa shape index (κ2) is 9.59. The maximum Gasteiger partial charge on any atom is 0.319 e. The van der Waals surface area contributed by atoms with E-state index in [1.165, 1.54) is 0 Å². The van der Waals surface area contributed by atoms with E-state index in [2.05, 4.69) is 16.0 Å². The molecule has 0 aliphatic rings. The number of urea groups is 1. The fraction of sp³-hybridized carbons (Fsp3) is 0.300. The van der Waals surface area contributed by atoms with Crippen molar-refractivity contribution in [3.63, 3.8) is 0 Å². The standard InChI is InChI=1S/C20H26N4O3/c1-21-19(25)14-8-10-16(11-9-14)23-20(26)22-13-18(24(2)3)15-6-5-7-17(12-15)27-4/h5-12,18H,13H2,1-4H3,(H,21,25)(H2,22,23,26). The summed E-state index contributed by atoms with van der Waals surface area (Å²) in [5, 5.41) is 8.21. The van der Waals surface area contributed by atoms with E-state index in [4.69, 9.17) is 4.74 Å². The van der Waals surface area contributed by atoms with Gasteiger partial charge in [-0.3, -0.25) is 4.79 Å². The number of nitrogens with zero attached hydrogens (tertiary/aromatic N) is 1. The zero-order valence-electron chi connectivity index (χ0n) is 16.1. The lowest BCUT2D eigenvalue weighted by Gasteiger charge is -2.25. The minimum atomic E-state index is -0.308. The lowest BCUT2D eigenvalue weighted by atomic mass is 10.1. The van der Waals surface area contributed by atoms with Crippen molar-refractivity contribution in [3.05, 3.63) is 59.7 Å². The van der Waals surface area contributed by atoms with Gasteiger partial charge in [0, 0.05) is 24.8 Å². The molecule has 2 aromatic rings. The van der Waals surface area contributed by atoms with Gasteiger partial charge in [-0.05, 0) is 56.1 Å². The summed E-state index contributed by atoms with van der Waals surface area (Å²) in [7, 11) is 7.12. The van der Waals surface area contributed by atoms with Gasteiger partial charge >= 0.3 is 6.03 Å². The van der Waals surface area contributed by atoms with Crippen molar-refractivity contribution in [1.29, 1.82) is 0 Å². The molecule has 7 nitrogen and oxygen atoms in total. The quantitative estimate of drug-likeness (QED) is 0.699. The topological polar surface area (TPSA) is 82.7 Å². The second-order valence-corrected chi connectivity index (χ2v) is 6.25. The number of likely N-dealkylation sites (N-methyl/N-ethyl adjacent to an activating group) is 1. The van der Waals surface area contributed by atoms with Gasteiger partial charge in [-0.15, -0.1) is 0 Å². The Balaban J connectivity index is 1.96. The van der Waals surface area contributed by atoms with Crippen LogP contribution < -0.4 is 20.7 Å². The predicted octanol–water partition coefficient (Wildman–Crippen LogP) is 2.48. The lowest BCUT2D eigenvalue weighted by molar-refractivity contribution is 0.0963. The molecule has 1 unspecified atom stereocenters. The van der Waals surface area contributed by atoms with Crippen molar-refractivity contribution < 1.29 is 14.3 Å². The molecule has 2 rings (SSSR count). The lowest BCUT2D eigenvalue weighted by Crippen LogP contribution is -2.36. The molecule has 0 spiro atoms. The molecular weight excluding hydrogens is 344 g/mol. The molecule has 0 radical (unpaired) electrons. The van der Waals surface area contributed by atoms with E-state index in [-0.39, 0.29) is 18.0 Å². The van der Waals surface area contributed by atoms with E-state index in [1.807, 2.05) is 43.3 Å². The molecule has 0 fully saturated rings. The van der Waals surface area contributed by atoms with E-state index < -0.39 is 0 Å². The monoisotopic (exact) mass is 370 g/mol. The summed E-state index contributed by atoms with van der Waals surface area (Å²) < 4.78 is 5.28. The van der Waals surface area contributed by atoms with Crippen LogP contribution >= 0.6 is 0 Å². The van der Waals surface area contributed by atoms with Gasteiger partial charge < -0.3 is 25.6 Å². The van der Waals surface area contributed by atoms with Gasteiger partial charge in [0.1, 0.15) is 5.75 Å². The summed E-state index contributed by atoms with van der Waals surface area (Å²) in [6, 6.07) is 14.2. The van der Waals surface area contributed by atoms with E-state index in [1.54, 1.807) is 38.4 Å². The summed E-state index contributed by atoms with van der Waals surface area (Å²) in [4.78, 5) is 25.8. The van der Waals surface area contributed by atoms with Crippen molar-refractivity contribution >= 4 is 17.6 Å². The highest BCUT2D eigenvalue weighted by molar-refractivity contribution is 5.95. The van der Waals surface area contributed by atoms with Gasteiger partial charge in [0.25, 0.3) is 5.91 Å². The number of hydrogen-bond acceptors (Lipinski definition) is 4. The number of rotatable bonds is 7.